The van der Waals surface area contributed by atoms with E-state index in [2.05, 4.69) is 19.9 Å². The number of ether oxygens (including phenoxy) is 2. The molecule has 2 heterocycles. The lowest BCUT2D eigenvalue weighted by Gasteiger charge is -2.21. The summed E-state index contributed by atoms with van der Waals surface area (Å²) in [4.78, 5) is 33.3. The molecule has 1 saturated heterocycles. The largest absolute Gasteiger partial charge is 0.489 e. The van der Waals surface area contributed by atoms with Crippen molar-refractivity contribution in [1.29, 1.82) is 0 Å². The van der Waals surface area contributed by atoms with E-state index in [-0.39, 0.29) is 36.1 Å². The van der Waals surface area contributed by atoms with Crippen LogP contribution in [0.1, 0.15) is 53.8 Å². The first kappa shape index (κ1) is 26.8. The number of carbonyl (C=O) groups excluding carboxylic acids is 2. The first-order chi connectivity index (χ1) is 17.7. The van der Waals surface area contributed by atoms with Gasteiger partial charge < -0.3 is 19.7 Å². The van der Waals surface area contributed by atoms with Gasteiger partial charge in [-0.25, -0.2) is 4.98 Å². The molecule has 1 aliphatic carbocycles. The number of halogens is 2. The molecule has 1 unspecified atom stereocenters. The van der Waals surface area contributed by atoms with E-state index in [0.717, 1.165) is 18.4 Å². The van der Waals surface area contributed by atoms with Crippen molar-refractivity contribution >= 4 is 11.8 Å². The molecule has 2 aromatic rings. The van der Waals surface area contributed by atoms with Gasteiger partial charge in [0.05, 0.1) is 24.9 Å². The highest BCUT2D eigenvalue weighted by atomic mass is 19.3. The number of hydrogen-bond acceptors (Lipinski definition) is 6. The van der Waals surface area contributed by atoms with Crippen molar-refractivity contribution in [1.82, 2.24) is 20.1 Å². The van der Waals surface area contributed by atoms with Crippen LogP contribution in [-0.2, 0) is 11.3 Å². The highest BCUT2D eigenvalue weighted by molar-refractivity contribution is 5.91. The van der Waals surface area contributed by atoms with Gasteiger partial charge in [-0.15, -0.1) is 0 Å². The molecule has 10 heteroatoms. The Morgan fingerprint density at radius 3 is 2.65 bits per heavy atom. The van der Waals surface area contributed by atoms with Gasteiger partial charge in [-0.1, -0.05) is 19.1 Å². The predicted octanol–water partition coefficient (Wildman–Crippen LogP) is 3.67. The lowest BCUT2D eigenvalue weighted by Crippen LogP contribution is -2.42. The number of hydrogen-bond donors (Lipinski definition) is 1. The number of amides is 2. The van der Waals surface area contributed by atoms with Crippen LogP contribution >= 0.6 is 0 Å². The number of nitrogens with one attached hydrogen (secondary N) is 1. The zero-order valence-corrected chi connectivity index (χ0v) is 21.5. The normalized spacial score (nSPS) is 19.6. The third-order valence-corrected chi connectivity index (χ3v) is 6.81. The average Bonchev–Trinajstić information content (AvgIpc) is 3.61. The Morgan fingerprint density at radius 1 is 1.19 bits per heavy atom. The molecule has 1 aromatic carbocycles. The van der Waals surface area contributed by atoms with Crippen molar-refractivity contribution in [3.05, 3.63) is 53.3 Å². The molecule has 4 rings (SSSR count). The first-order valence-corrected chi connectivity index (χ1v) is 12.7. The highest BCUT2D eigenvalue weighted by Crippen LogP contribution is 2.38. The number of pyridine rings is 1. The van der Waals surface area contributed by atoms with Gasteiger partial charge in [-0.3, -0.25) is 14.5 Å². The van der Waals surface area contributed by atoms with Crippen molar-refractivity contribution in [3.8, 4) is 11.5 Å². The third-order valence-electron chi connectivity index (χ3n) is 6.81. The van der Waals surface area contributed by atoms with E-state index in [1.165, 1.54) is 11.0 Å². The minimum atomic E-state index is -2.93. The number of benzene rings is 1. The second-order valence-corrected chi connectivity index (χ2v) is 9.81. The number of rotatable bonds is 11. The Kier molecular flexibility index (Phi) is 8.58. The topological polar surface area (TPSA) is 84.0 Å². The van der Waals surface area contributed by atoms with Crippen LogP contribution in [0.4, 0.5) is 8.78 Å². The monoisotopic (exact) mass is 516 g/mol. The maximum atomic E-state index is 13.1. The summed E-state index contributed by atoms with van der Waals surface area (Å²) in [6.45, 7) is 1.12. The Bertz CT molecular complexity index is 1110. The van der Waals surface area contributed by atoms with Crippen molar-refractivity contribution in [2.45, 2.75) is 51.3 Å². The molecule has 8 nitrogen and oxygen atoms in total. The van der Waals surface area contributed by atoms with Crippen LogP contribution in [0, 0.1) is 5.92 Å². The third kappa shape index (κ3) is 6.94. The van der Waals surface area contributed by atoms with Crippen molar-refractivity contribution in [3.63, 3.8) is 0 Å². The van der Waals surface area contributed by atoms with E-state index in [0.29, 0.717) is 49.2 Å². The van der Waals surface area contributed by atoms with E-state index in [9.17, 15) is 18.4 Å². The second-order valence-electron chi connectivity index (χ2n) is 9.81. The number of aromatic nitrogens is 1. The lowest BCUT2D eigenvalue weighted by atomic mass is 9.95. The highest BCUT2D eigenvalue weighted by Gasteiger charge is 2.37. The maximum Gasteiger partial charge on any atom is 0.387 e. The fourth-order valence-electron chi connectivity index (χ4n) is 4.57. The standard InChI is InChI=1S/C27H34F2N4O4/c1-4-33-15-19(18-10-11-23(37-27(28)29)24(13-18)36-16-17-8-9-17)12-22(33)25(34)30-14-20-6-5-7-21(31-20)26(35)32(2)3/h5-7,10-11,13,17,19,22,27H,4,8-9,12,14-16H2,1-3H3,(H,30,34)/t19?,22-/m1/s1. The molecule has 2 atom stereocenters. The van der Waals surface area contributed by atoms with Crippen LogP contribution in [0.15, 0.2) is 36.4 Å². The Labute approximate surface area is 215 Å². The van der Waals surface area contributed by atoms with Gasteiger partial charge in [0.15, 0.2) is 11.5 Å². The van der Waals surface area contributed by atoms with E-state index >= 15 is 0 Å². The molecule has 2 amide bonds. The SMILES string of the molecule is CCN1CC(c2ccc(OC(F)F)c(OCC3CC3)c2)C[C@@H]1C(=O)NCc1cccc(C(=O)N(C)C)n1. The van der Waals surface area contributed by atoms with Crippen LogP contribution in [0.3, 0.4) is 0 Å². The van der Waals surface area contributed by atoms with E-state index in [1.807, 2.05) is 6.92 Å². The van der Waals surface area contributed by atoms with Crippen molar-refractivity contribution < 1.29 is 27.8 Å². The van der Waals surface area contributed by atoms with Gasteiger partial charge >= 0.3 is 6.61 Å². The van der Waals surface area contributed by atoms with Crippen LogP contribution in [-0.4, -0.2) is 73.0 Å². The molecule has 1 aromatic heterocycles. The lowest BCUT2D eigenvalue weighted by molar-refractivity contribution is -0.125. The molecular formula is C27H34F2N4O4. The van der Waals surface area contributed by atoms with Crippen molar-refractivity contribution in [2.24, 2.45) is 5.92 Å². The Balaban J connectivity index is 1.42. The Hall–Kier alpha value is -3.27. The van der Waals surface area contributed by atoms with Crippen LogP contribution < -0.4 is 14.8 Å². The van der Waals surface area contributed by atoms with Crippen molar-refractivity contribution in [2.75, 3.05) is 33.8 Å². The number of likely N-dealkylation sites (tertiary alicyclic amines) is 1. The predicted molar refractivity (Wildman–Crippen MR) is 134 cm³/mol. The van der Waals surface area contributed by atoms with Gasteiger partial charge in [0.25, 0.3) is 5.91 Å². The molecular weight excluding hydrogens is 482 g/mol. The van der Waals surface area contributed by atoms with Gasteiger partial charge in [0.1, 0.15) is 5.69 Å². The quantitative estimate of drug-likeness (QED) is 0.491. The minimum absolute atomic E-state index is 0.0292. The number of carbonyl (C=O) groups is 2. The van der Waals surface area contributed by atoms with Crippen LogP contribution in [0.2, 0.25) is 0 Å². The average molecular weight is 517 g/mol. The molecule has 2 fully saturated rings. The van der Waals surface area contributed by atoms with Gasteiger partial charge in [0.2, 0.25) is 5.91 Å². The molecule has 200 valence electrons. The van der Waals surface area contributed by atoms with Gasteiger partial charge in [-0.05, 0) is 67.5 Å². The van der Waals surface area contributed by atoms with Gasteiger partial charge in [-0.2, -0.15) is 8.78 Å². The van der Waals surface area contributed by atoms with E-state index < -0.39 is 6.61 Å². The first-order valence-electron chi connectivity index (χ1n) is 12.7. The molecule has 37 heavy (non-hydrogen) atoms. The smallest absolute Gasteiger partial charge is 0.387 e. The number of likely N-dealkylation sites (N-methyl/N-ethyl adjacent to an activating group) is 1. The molecule has 2 aliphatic rings. The summed E-state index contributed by atoms with van der Waals surface area (Å²) in [7, 11) is 3.33. The summed E-state index contributed by atoms with van der Waals surface area (Å²) in [6.07, 6.45) is 2.76. The molecule has 1 saturated carbocycles. The Morgan fingerprint density at radius 2 is 1.97 bits per heavy atom. The fraction of sp³-hybridized carbons (Fsp3) is 0.519. The minimum Gasteiger partial charge on any atom is -0.489 e. The molecule has 0 bridgehead atoms. The molecule has 1 aliphatic heterocycles. The van der Waals surface area contributed by atoms with E-state index in [4.69, 9.17) is 4.74 Å². The van der Waals surface area contributed by atoms with E-state index in [1.54, 1.807) is 44.4 Å². The molecule has 0 spiro atoms. The van der Waals surface area contributed by atoms with Crippen LogP contribution in [0.25, 0.3) is 0 Å². The summed E-state index contributed by atoms with van der Waals surface area (Å²) in [6, 6.07) is 9.91. The summed E-state index contributed by atoms with van der Waals surface area (Å²) >= 11 is 0. The summed E-state index contributed by atoms with van der Waals surface area (Å²) in [5, 5.41) is 2.96. The zero-order chi connectivity index (χ0) is 26.5. The summed E-state index contributed by atoms with van der Waals surface area (Å²) in [5.74, 6) is 0.543. The van der Waals surface area contributed by atoms with Crippen LogP contribution in [0.5, 0.6) is 11.5 Å². The molecule has 1 N–H and O–H groups in total. The summed E-state index contributed by atoms with van der Waals surface area (Å²) in [5.41, 5.74) is 1.86. The maximum absolute atomic E-state index is 13.1. The van der Waals surface area contributed by atoms with Gasteiger partial charge in [0, 0.05) is 20.6 Å². The fourth-order valence-corrected chi connectivity index (χ4v) is 4.57. The number of alkyl halides is 2. The summed E-state index contributed by atoms with van der Waals surface area (Å²) < 4.78 is 36.3. The number of nitrogens with zero attached hydrogens (tertiary/aromatic N) is 3. The molecule has 0 radical (unpaired) electrons. The zero-order valence-electron chi connectivity index (χ0n) is 21.5. The second kappa shape index (κ2) is 11.9.